The number of hydrogen-bond acceptors (Lipinski definition) is 1. The van der Waals surface area contributed by atoms with Crippen molar-refractivity contribution in [3.05, 3.63) is 0 Å². The van der Waals surface area contributed by atoms with Gasteiger partial charge in [0.25, 0.3) is 0 Å². The van der Waals surface area contributed by atoms with Gasteiger partial charge in [0.05, 0.1) is 0 Å². The van der Waals surface area contributed by atoms with Crippen LogP contribution in [0.2, 0.25) is 0 Å². The van der Waals surface area contributed by atoms with Gasteiger partial charge in [-0.1, -0.05) is 0 Å². The van der Waals surface area contributed by atoms with Crippen LogP contribution in [0.3, 0.4) is 0 Å². The number of hydrogen-bond donors (Lipinski definition) is 1. The van der Waals surface area contributed by atoms with Crippen LogP contribution >= 0.6 is 0 Å². The maximum absolute atomic E-state index is 0. The average molecular weight is 222 g/mol. The van der Waals surface area contributed by atoms with Crippen LogP contribution in [0.4, 0.5) is 0 Å². The zero-order chi connectivity index (χ0) is 0. The molecule has 0 aliphatic rings. The van der Waals surface area contributed by atoms with Gasteiger partial charge in [-0.15, -0.1) is 0 Å². The molecule has 0 atom stereocenters. The van der Waals surface area contributed by atoms with Crippen molar-refractivity contribution in [2.75, 3.05) is 0 Å². The van der Waals surface area contributed by atoms with E-state index in [-0.39, 0.29) is 68.9 Å². The maximum Gasteiger partial charge on any atom is 0 e. The van der Waals surface area contributed by atoms with E-state index >= 15 is 0 Å². The van der Waals surface area contributed by atoms with Crippen LogP contribution in [0.5, 0.6) is 0 Å². The summed E-state index contributed by atoms with van der Waals surface area (Å²) < 4.78 is 0. The molecule has 23 valence electrons. The second-order valence-corrected chi connectivity index (χ2v) is 0. The molecule has 0 amide bonds. The summed E-state index contributed by atoms with van der Waals surface area (Å²) in [4.78, 5) is 0. The average Bonchev–Trinajstić information content (AvgIpc) is 0. The van der Waals surface area contributed by atoms with Crippen molar-refractivity contribution in [2.24, 2.45) is 0 Å². The van der Waals surface area contributed by atoms with E-state index in [0.717, 1.165) is 0 Å². The Morgan fingerprint density at radius 2 is 1.00 bits per heavy atom. The molecule has 0 saturated carbocycles. The summed E-state index contributed by atoms with van der Waals surface area (Å²) in [5.41, 5.74) is 0. The van der Waals surface area contributed by atoms with Gasteiger partial charge in [-0.25, -0.2) is 0 Å². The summed E-state index contributed by atoms with van der Waals surface area (Å²) in [6.45, 7) is 0. The smallest absolute Gasteiger partial charge is 0 e. The van der Waals surface area contributed by atoms with Gasteiger partial charge >= 0.3 is 0 Å². The van der Waals surface area contributed by atoms with Crippen molar-refractivity contribution in [1.29, 1.82) is 0 Å². The third kappa shape index (κ3) is 9.16. The Kier molecular flexibility index (Phi) is 215. The van der Waals surface area contributed by atoms with Gasteiger partial charge in [-0.05, 0) is 0 Å². The normalized spacial score (nSPS) is 0. The first-order valence-corrected chi connectivity index (χ1v) is 0. The van der Waals surface area contributed by atoms with Gasteiger partial charge in [0.1, 0.15) is 0 Å². The van der Waals surface area contributed by atoms with E-state index in [0.29, 0.717) is 0 Å². The van der Waals surface area contributed by atoms with Crippen LogP contribution in [-0.4, -0.2) is 5.48 Å². The second-order valence-electron chi connectivity index (χ2n) is 0. The largest absolute Gasteiger partial charge is 0.412 e. The summed E-state index contributed by atoms with van der Waals surface area (Å²) in [6.07, 6.45) is 0. The monoisotopic (exact) mass is 222 g/mol. The van der Waals surface area contributed by atoms with Crippen LogP contribution in [0.25, 0.3) is 0 Å². The molecule has 0 rings (SSSR count). The van der Waals surface area contributed by atoms with Crippen LogP contribution < -0.4 is 6.15 Å². The molecule has 5 N–H and O–H groups in total. The van der Waals surface area contributed by atoms with Crippen molar-refractivity contribution < 1.29 is 62.8 Å². The fourth-order valence-electron chi connectivity index (χ4n) is 0. The summed E-state index contributed by atoms with van der Waals surface area (Å²) in [5, 5.41) is 0. The molecule has 4 heteroatoms. The van der Waals surface area contributed by atoms with E-state index in [2.05, 4.69) is 0 Å². The van der Waals surface area contributed by atoms with E-state index in [9.17, 15) is 0 Å². The standard InChI is InChI=1S/La.H3N.H2O.Ti/h;1H3;1H2;. The number of rotatable bonds is 0. The first-order valence-electron chi connectivity index (χ1n) is 0. The Morgan fingerprint density at radius 3 is 1.00 bits per heavy atom. The van der Waals surface area contributed by atoms with Crippen molar-refractivity contribution in [3.63, 3.8) is 0 Å². The maximum atomic E-state index is 0. The van der Waals surface area contributed by atoms with Crippen molar-refractivity contribution in [1.82, 2.24) is 6.15 Å². The molecule has 0 heterocycles. The Hall–Kier alpha value is 1.83. The van der Waals surface area contributed by atoms with E-state index in [1.54, 1.807) is 0 Å². The van der Waals surface area contributed by atoms with E-state index < -0.39 is 0 Å². The Morgan fingerprint density at radius 1 is 1.00 bits per heavy atom. The first kappa shape index (κ1) is 40.6. The molecule has 0 spiro atoms. The zero-order valence-electron chi connectivity index (χ0n) is 2.28. The third-order valence-electron chi connectivity index (χ3n) is 0. The minimum atomic E-state index is 0. The van der Waals surface area contributed by atoms with E-state index in [1.165, 1.54) is 0 Å². The minimum Gasteiger partial charge on any atom is -0.412 e. The first-order chi connectivity index (χ1) is 0. The summed E-state index contributed by atoms with van der Waals surface area (Å²) in [7, 11) is 0. The molecule has 0 aliphatic heterocycles. The summed E-state index contributed by atoms with van der Waals surface area (Å²) >= 11 is 0. The molecule has 1 radical (unpaired) electrons. The van der Waals surface area contributed by atoms with Crippen LogP contribution in [0.15, 0.2) is 0 Å². The molecule has 0 aromatic heterocycles. The zero-order valence-corrected chi connectivity index (χ0v) is 7.47. The van der Waals surface area contributed by atoms with Crippen molar-refractivity contribution >= 4 is 0 Å². The molecule has 0 aromatic rings. The van der Waals surface area contributed by atoms with Crippen molar-refractivity contribution in [2.45, 2.75) is 0 Å². The SMILES string of the molecule is N.O.[La].[Ti]. The predicted molar refractivity (Wildman–Crippen MR) is 8.64 cm³/mol. The summed E-state index contributed by atoms with van der Waals surface area (Å²) in [5.74, 6) is 0. The van der Waals surface area contributed by atoms with Gasteiger partial charge < -0.3 is 11.6 Å². The molecule has 0 aromatic carbocycles. The molecule has 2 nitrogen and oxygen atoms in total. The Balaban J connectivity index is 0. The van der Waals surface area contributed by atoms with Crippen LogP contribution in [-0.2, 0) is 21.7 Å². The van der Waals surface area contributed by atoms with Gasteiger partial charge in [-0.3, -0.25) is 0 Å². The molecule has 0 unspecified atom stereocenters. The van der Waals surface area contributed by atoms with Crippen molar-refractivity contribution in [3.8, 4) is 0 Å². The van der Waals surface area contributed by atoms with Gasteiger partial charge in [-0.2, -0.15) is 0 Å². The molecule has 0 fully saturated rings. The van der Waals surface area contributed by atoms with Gasteiger partial charge in [0.15, 0.2) is 0 Å². The topological polar surface area (TPSA) is 66.5 Å². The van der Waals surface area contributed by atoms with E-state index in [4.69, 9.17) is 0 Å². The van der Waals surface area contributed by atoms with Gasteiger partial charge in [0.2, 0.25) is 0 Å². The predicted octanol–water partition coefficient (Wildman–Crippen LogP) is -0.665. The van der Waals surface area contributed by atoms with E-state index in [1.807, 2.05) is 0 Å². The minimum absolute atomic E-state index is 0. The molecule has 0 saturated heterocycles. The Bertz CT molecular complexity index is 8.00. The summed E-state index contributed by atoms with van der Waals surface area (Å²) in [6, 6.07) is 0. The fraction of sp³-hybridized carbons (Fsp3) is 0. The molecular formula is H5LaNOTi. The molecular weight excluding hydrogens is 217 g/mol. The third-order valence-corrected chi connectivity index (χ3v) is 0. The molecule has 4 heavy (non-hydrogen) atoms. The van der Waals surface area contributed by atoms with Gasteiger partial charge in [0, 0.05) is 57.3 Å². The second kappa shape index (κ2) is 21.2. The molecule has 0 aliphatic carbocycles. The quantitative estimate of drug-likeness (QED) is 0.542. The molecule has 0 bridgehead atoms. The Labute approximate surface area is 68.1 Å². The van der Waals surface area contributed by atoms with Crippen LogP contribution in [0.1, 0.15) is 0 Å². The fourth-order valence-corrected chi connectivity index (χ4v) is 0. The van der Waals surface area contributed by atoms with Crippen LogP contribution in [0, 0.1) is 35.6 Å².